The van der Waals surface area contributed by atoms with Crippen molar-refractivity contribution in [2.24, 2.45) is 5.92 Å². The molecular weight excluding hydrogens is 552 g/mol. The van der Waals surface area contributed by atoms with Gasteiger partial charge in [0.1, 0.15) is 18.0 Å². The van der Waals surface area contributed by atoms with Crippen molar-refractivity contribution in [3.05, 3.63) is 71.5 Å². The number of anilines is 2. The summed E-state index contributed by atoms with van der Waals surface area (Å²) in [4.78, 5) is 39.5. The second kappa shape index (κ2) is 12.8. The lowest BCUT2D eigenvalue weighted by atomic mass is 10.0. The second-order valence-corrected chi connectivity index (χ2v) is 12.5. The second-order valence-electron chi connectivity index (χ2n) is 12.5. The number of ether oxygens (including phenoxy) is 1. The normalized spacial score (nSPS) is 19.1. The molecule has 230 valence electrons. The van der Waals surface area contributed by atoms with Gasteiger partial charge in [-0.3, -0.25) is 9.78 Å². The number of carbonyl (C=O) groups is 1. The van der Waals surface area contributed by atoms with Gasteiger partial charge in [-0.2, -0.15) is 9.97 Å². The van der Waals surface area contributed by atoms with Crippen molar-refractivity contribution in [3.63, 3.8) is 0 Å². The molecule has 1 aliphatic carbocycles. The number of aryl methyl sites for hydroxylation is 1. The molecule has 0 spiro atoms. The summed E-state index contributed by atoms with van der Waals surface area (Å²) in [7, 11) is 2.15. The van der Waals surface area contributed by atoms with Crippen LogP contribution in [0.25, 0.3) is 15.6 Å². The quantitative estimate of drug-likeness (QED) is 0.256. The number of hydrogen-bond acceptors (Lipinski definition) is 8. The van der Waals surface area contributed by atoms with Crippen molar-refractivity contribution >= 4 is 28.2 Å². The molecule has 2 aliphatic heterocycles. The minimum Gasteiger partial charge on any atom is -0.459 e. The number of hydrogen-bond donors (Lipinski definition) is 0. The molecule has 1 saturated carbocycles. The molecular formula is C34H42N8O2. The molecule has 2 atom stereocenters. The first kappa shape index (κ1) is 29.8. The summed E-state index contributed by atoms with van der Waals surface area (Å²) in [6.45, 7) is 20.6. The Balaban J connectivity index is 1.32. The summed E-state index contributed by atoms with van der Waals surface area (Å²) < 4.78 is 6.42. The van der Waals surface area contributed by atoms with E-state index in [1.165, 1.54) is 29.9 Å². The monoisotopic (exact) mass is 594 g/mol. The number of pyridine rings is 1. The van der Waals surface area contributed by atoms with E-state index in [1.54, 1.807) is 4.90 Å². The maximum Gasteiger partial charge on any atom is 0.318 e. The van der Waals surface area contributed by atoms with Crippen LogP contribution in [0.5, 0.6) is 6.01 Å². The van der Waals surface area contributed by atoms with E-state index in [-0.39, 0.29) is 24.6 Å². The van der Waals surface area contributed by atoms with Crippen LogP contribution in [0.3, 0.4) is 0 Å². The highest BCUT2D eigenvalue weighted by atomic mass is 16.5. The number of carbonyl (C=O) groups excluding carboxylic acids is 1. The van der Waals surface area contributed by atoms with Gasteiger partial charge in [-0.25, -0.2) is 6.57 Å². The van der Waals surface area contributed by atoms with Crippen molar-refractivity contribution < 1.29 is 9.53 Å². The van der Waals surface area contributed by atoms with Crippen LogP contribution in [0.15, 0.2) is 43.2 Å². The highest BCUT2D eigenvalue weighted by Crippen LogP contribution is 2.35. The summed E-state index contributed by atoms with van der Waals surface area (Å²) in [5.74, 6) is 1.54. The van der Waals surface area contributed by atoms with Crippen molar-refractivity contribution in [1.29, 1.82) is 0 Å². The van der Waals surface area contributed by atoms with Gasteiger partial charge in [-0.1, -0.05) is 24.8 Å². The Hall–Kier alpha value is -4.23. The van der Waals surface area contributed by atoms with E-state index in [0.29, 0.717) is 32.2 Å². The predicted molar refractivity (Wildman–Crippen MR) is 173 cm³/mol. The first-order chi connectivity index (χ1) is 21.3. The summed E-state index contributed by atoms with van der Waals surface area (Å²) in [6.07, 6.45) is 8.55. The molecule has 3 aromatic rings. The largest absolute Gasteiger partial charge is 0.459 e. The molecule has 44 heavy (non-hydrogen) atoms. The molecule has 1 amide bonds. The van der Waals surface area contributed by atoms with Crippen molar-refractivity contribution in [3.8, 4) is 6.01 Å². The fourth-order valence-electron chi connectivity index (χ4n) is 6.74. The van der Waals surface area contributed by atoms with Crippen LogP contribution in [-0.4, -0.2) is 95.7 Å². The molecule has 1 aromatic carbocycles. The Labute approximate surface area is 260 Å². The van der Waals surface area contributed by atoms with E-state index in [2.05, 4.69) is 70.2 Å². The SMILES string of the molecule is [C-]#[N+]C[C@H]1CN(c2nc(O[C@H](C)CN(C)CC3CC3)nc3c2CCN(c2cncc4cccc(C)c24)C3)CCN1C(=O)C=C. The number of piperazine rings is 1. The lowest BCUT2D eigenvalue weighted by molar-refractivity contribution is -0.128. The average molecular weight is 595 g/mol. The fourth-order valence-corrected chi connectivity index (χ4v) is 6.74. The molecule has 1 saturated heterocycles. The number of aromatic nitrogens is 3. The number of fused-ring (bicyclic) bond motifs is 2. The Bertz CT molecular complexity index is 1580. The van der Waals surface area contributed by atoms with Gasteiger partial charge in [0, 0.05) is 61.8 Å². The zero-order valence-corrected chi connectivity index (χ0v) is 26.1. The molecule has 0 N–H and O–H groups in total. The van der Waals surface area contributed by atoms with Crippen molar-refractivity contribution in [2.45, 2.75) is 51.8 Å². The Morgan fingerprint density at radius 2 is 2.07 bits per heavy atom. The fraction of sp³-hybridized carbons (Fsp3) is 0.500. The van der Waals surface area contributed by atoms with Crippen LogP contribution in [0.1, 0.15) is 36.6 Å². The summed E-state index contributed by atoms with van der Waals surface area (Å²) in [5, 5.41) is 2.34. The minimum atomic E-state index is -0.235. The number of benzene rings is 1. The Morgan fingerprint density at radius 1 is 1.23 bits per heavy atom. The lowest BCUT2D eigenvalue weighted by Crippen LogP contribution is -2.56. The standard InChI is InChI=1S/C34H42N8O2/c1-6-31(43)42-15-14-41(21-27(42)17-35-4)33-28-12-13-40(30-18-36-16-26-9-7-8-23(2)32(26)30)22-29(28)37-34(38-33)44-24(3)19-39(5)20-25-10-11-25/h6-9,16,18,24-25,27H,1,10-15,17,19-22H2,2-3,5H3/t24-,27+/m1/s1. The van der Waals surface area contributed by atoms with Crippen LogP contribution in [0, 0.1) is 19.4 Å². The number of likely N-dealkylation sites (N-methyl/N-ethyl adjacent to an activating group) is 1. The van der Waals surface area contributed by atoms with E-state index in [4.69, 9.17) is 21.3 Å². The van der Waals surface area contributed by atoms with Gasteiger partial charge in [0.25, 0.3) is 0 Å². The van der Waals surface area contributed by atoms with Gasteiger partial charge in [0.05, 0.1) is 24.1 Å². The Morgan fingerprint density at radius 3 is 2.84 bits per heavy atom. The topological polar surface area (TPSA) is 82.3 Å². The van der Waals surface area contributed by atoms with E-state index >= 15 is 0 Å². The Kier molecular flexibility index (Phi) is 8.67. The maximum atomic E-state index is 12.6. The van der Waals surface area contributed by atoms with E-state index in [0.717, 1.165) is 60.1 Å². The lowest BCUT2D eigenvalue weighted by Gasteiger charge is -2.41. The molecule has 0 radical (unpaired) electrons. The van der Waals surface area contributed by atoms with Crippen LogP contribution in [0.2, 0.25) is 0 Å². The van der Waals surface area contributed by atoms with Crippen molar-refractivity contribution in [1.82, 2.24) is 24.8 Å². The van der Waals surface area contributed by atoms with Crippen LogP contribution in [-0.2, 0) is 17.8 Å². The third kappa shape index (κ3) is 6.34. The molecule has 2 aromatic heterocycles. The summed E-state index contributed by atoms with van der Waals surface area (Å²) in [6, 6.07) is 6.48. The molecule has 10 heteroatoms. The number of amides is 1. The molecule has 2 fully saturated rings. The van der Waals surface area contributed by atoms with Gasteiger partial charge < -0.3 is 29.2 Å². The highest BCUT2D eigenvalue weighted by molar-refractivity contribution is 5.96. The smallest absolute Gasteiger partial charge is 0.318 e. The first-order valence-electron chi connectivity index (χ1n) is 15.7. The first-order valence-corrected chi connectivity index (χ1v) is 15.7. The maximum absolute atomic E-state index is 12.6. The molecule has 3 aliphatic rings. The van der Waals surface area contributed by atoms with Gasteiger partial charge in [-0.15, -0.1) is 0 Å². The third-order valence-electron chi connectivity index (χ3n) is 9.02. The van der Waals surface area contributed by atoms with Gasteiger partial charge in [0.2, 0.25) is 12.5 Å². The minimum absolute atomic E-state index is 0.0776. The van der Waals surface area contributed by atoms with Gasteiger partial charge in [0.15, 0.2) is 0 Å². The number of rotatable bonds is 10. The van der Waals surface area contributed by atoms with E-state index in [1.807, 2.05) is 12.4 Å². The van der Waals surface area contributed by atoms with Crippen molar-refractivity contribution in [2.75, 3.05) is 62.7 Å². The predicted octanol–water partition coefficient (Wildman–Crippen LogP) is 4.13. The molecule has 0 unspecified atom stereocenters. The zero-order valence-electron chi connectivity index (χ0n) is 26.1. The number of nitrogens with zero attached hydrogens (tertiary/aromatic N) is 8. The van der Waals surface area contributed by atoms with Crippen LogP contribution < -0.4 is 14.5 Å². The molecule has 0 bridgehead atoms. The molecule has 6 rings (SSSR count). The zero-order chi connectivity index (χ0) is 30.8. The highest BCUT2D eigenvalue weighted by Gasteiger charge is 2.35. The van der Waals surface area contributed by atoms with E-state index < -0.39 is 0 Å². The van der Waals surface area contributed by atoms with Gasteiger partial charge in [-0.05, 0) is 57.7 Å². The third-order valence-corrected chi connectivity index (χ3v) is 9.02. The summed E-state index contributed by atoms with van der Waals surface area (Å²) >= 11 is 0. The average Bonchev–Trinajstić information content (AvgIpc) is 3.83. The van der Waals surface area contributed by atoms with Crippen LogP contribution in [0.4, 0.5) is 11.5 Å². The van der Waals surface area contributed by atoms with Crippen LogP contribution >= 0.6 is 0 Å². The molecule has 10 nitrogen and oxygen atoms in total. The molecule has 4 heterocycles. The summed E-state index contributed by atoms with van der Waals surface area (Å²) in [5.41, 5.74) is 4.39. The van der Waals surface area contributed by atoms with E-state index in [9.17, 15) is 4.79 Å². The van der Waals surface area contributed by atoms with Gasteiger partial charge >= 0.3 is 6.01 Å².